The molecule has 1 saturated heterocycles. The van der Waals surface area contributed by atoms with Crippen LogP contribution in [0.4, 0.5) is 13.2 Å². The van der Waals surface area contributed by atoms with E-state index in [-0.39, 0.29) is 11.9 Å². The van der Waals surface area contributed by atoms with E-state index >= 15 is 0 Å². The first kappa shape index (κ1) is 18.4. The molecule has 0 radical (unpaired) electrons. The SMILES string of the molecule is O=C(NC1CCN(Cc2ccc(C(F)(F)F)cc2)CC1)c1ccccn1. The molecule has 1 aliphatic rings. The minimum Gasteiger partial charge on any atom is -0.348 e. The lowest BCUT2D eigenvalue weighted by Gasteiger charge is -2.32. The maximum Gasteiger partial charge on any atom is 0.416 e. The van der Waals surface area contributed by atoms with Gasteiger partial charge in [-0.3, -0.25) is 14.7 Å². The third-order valence-electron chi connectivity index (χ3n) is 4.51. The number of amides is 1. The number of nitrogens with one attached hydrogen (secondary N) is 1. The number of carbonyl (C=O) groups excluding carboxylic acids is 1. The molecule has 2 heterocycles. The third-order valence-corrected chi connectivity index (χ3v) is 4.51. The van der Waals surface area contributed by atoms with Crippen LogP contribution in [0.3, 0.4) is 0 Å². The summed E-state index contributed by atoms with van der Waals surface area (Å²) in [7, 11) is 0. The quantitative estimate of drug-likeness (QED) is 0.904. The molecule has 3 rings (SSSR count). The van der Waals surface area contributed by atoms with Crippen LogP contribution in [0.15, 0.2) is 48.7 Å². The predicted molar refractivity (Wildman–Crippen MR) is 91.4 cm³/mol. The number of piperidine rings is 1. The maximum absolute atomic E-state index is 12.6. The molecule has 7 heteroatoms. The van der Waals surface area contributed by atoms with Crippen molar-refractivity contribution in [3.8, 4) is 0 Å². The lowest BCUT2D eigenvalue weighted by molar-refractivity contribution is -0.137. The highest BCUT2D eigenvalue weighted by atomic mass is 19.4. The molecular formula is C19H20F3N3O. The van der Waals surface area contributed by atoms with Crippen molar-refractivity contribution in [2.75, 3.05) is 13.1 Å². The van der Waals surface area contributed by atoms with Crippen LogP contribution in [0.25, 0.3) is 0 Å². The van der Waals surface area contributed by atoms with E-state index < -0.39 is 11.7 Å². The highest BCUT2D eigenvalue weighted by molar-refractivity contribution is 5.92. The van der Waals surface area contributed by atoms with Crippen molar-refractivity contribution in [3.63, 3.8) is 0 Å². The van der Waals surface area contributed by atoms with Gasteiger partial charge in [-0.25, -0.2) is 0 Å². The first-order valence-electron chi connectivity index (χ1n) is 8.52. The zero-order valence-corrected chi connectivity index (χ0v) is 14.2. The Balaban J connectivity index is 1.47. The molecule has 0 saturated carbocycles. The van der Waals surface area contributed by atoms with Gasteiger partial charge in [-0.15, -0.1) is 0 Å². The van der Waals surface area contributed by atoms with Gasteiger partial charge in [0.2, 0.25) is 0 Å². The van der Waals surface area contributed by atoms with Gasteiger partial charge in [0.25, 0.3) is 5.91 Å². The molecule has 26 heavy (non-hydrogen) atoms. The monoisotopic (exact) mass is 363 g/mol. The zero-order chi connectivity index (χ0) is 18.6. The highest BCUT2D eigenvalue weighted by Gasteiger charge is 2.30. The van der Waals surface area contributed by atoms with Crippen LogP contribution >= 0.6 is 0 Å². The Morgan fingerprint density at radius 1 is 1.12 bits per heavy atom. The number of aromatic nitrogens is 1. The topological polar surface area (TPSA) is 45.2 Å². The minimum absolute atomic E-state index is 0.0911. The smallest absolute Gasteiger partial charge is 0.348 e. The number of hydrogen-bond acceptors (Lipinski definition) is 3. The maximum atomic E-state index is 12.6. The van der Waals surface area contributed by atoms with Crippen molar-refractivity contribution in [3.05, 3.63) is 65.5 Å². The van der Waals surface area contributed by atoms with Crippen LogP contribution in [-0.4, -0.2) is 34.9 Å². The van der Waals surface area contributed by atoms with Gasteiger partial charge < -0.3 is 5.32 Å². The van der Waals surface area contributed by atoms with Gasteiger partial charge in [-0.2, -0.15) is 13.2 Å². The Morgan fingerprint density at radius 3 is 2.38 bits per heavy atom. The zero-order valence-electron chi connectivity index (χ0n) is 14.2. The fourth-order valence-corrected chi connectivity index (χ4v) is 3.05. The van der Waals surface area contributed by atoms with E-state index in [2.05, 4.69) is 15.2 Å². The molecule has 0 bridgehead atoms. The van der Waals surface area contributed by atoms with Crippen LogP contribution in [0.1, 0.15) is 34.5 Å². The van der Waals surface area contributed by atoms with Crippen molar-refractivity contribution in [2.24, 2.45) is 0 Å². The van der Waals surface area contributed by atoms with Crippen molar-refractivity contribution >= 4 is 5.91 Å². The standard InChI is InChI=1S/C19H20F3N3O/c20-19(21,22)15-6-4-14(5-7-15)13-25-11-8-16(9-12-25)24-18(26)17-3-1-2-10-23-17/h1-7,10,16H,8-9,11-13H2,(H,24,26). The second-order valence-electron chi connectivity index (χ2n) is 6.43. The number of rotatable bonds is 4. The van der Waals surface area contributed by atoms with Crippen LogP contribution in [0, 0.1) is 0 Å². The van der Waals surface area contributed by atoms with Crippen LogP contribution < -0.4 is 5.32 Å². The minimum atomic E-state index is -4.30. The molecule has 0 atom stereocenters. The predicted octanol–water partition coefficient (Wildman–Crippen LogP) is 3.49. The Labute approximate surface area is 150 Å². The molecule has 138 valence electrons. The van der Waals surface area contributed by atoms with Gasteiger partial charge in [0.05, 0.1) is 5.56 Å². The fourth-order valence-electron chi connectivity index (χ4n) is 3.05. The normalized spacial score (nSPS) is 16.4. The molecule has 1 aromatic heterocycles. The summed E-state index contributed by atoms with van der Waals surface area (Å²) < 4.78 is 37.8. The first-order valence-corrected chi connectivity index (χ1v) is 8.52. The van der Waals surface area contributed by atoms with Gasteiger partial charge in [0, 0.05) is 31.9 Å². The molecular weight excluding hydrogens is 343 g/mol. The second-order valence-corrected chi connectivity index (χ2v) is 6.43. The third kappa shape index (κ3) is 4.82. The molecule has 2 aromatic rings. The average molecular weight is 363 g/mol. The molecule has 4 nitrogen and oxygen atoms in total. The van der Waals surface area contributed by atoms with Gasteiger partial charge >= 0.3 is 6.18 Å². The molecule has 0 unspecified atom stereocenters. The summed E-state index contributed by atoms with van der Waals surface area (Å²) >= 11 is 0. The van der Waals surface area contributed by atoms with Crippen LogP contribution in [0.5, 0.6) is 0 Å². The van der Waals surface area contributed by atoms with Gasteiger partial charge in [0.15, 0.2) is 0 Å². The lowest BCUT2D eigenvalue weighted by Crippen LogP contribution is -2.44. The number of hydrogen-bond donors (Lipinski definition) is 1. The molecule has 0 aliphatic carbocycles. The number of likely N-dealkylation sites (tertiary alicyclic amines) is 1. The molecule has 0 spiro atoms. The van der Waals surface area contributed by atoms with E-state index in [4.69, 9.17) is 0 Å². The Bertz CT molecular complexity index is 724. The van der Waals surface area contributed by atoms with E-state index in [1.165, 1.54) is 12.1 Å². The highest BCUT2D eigenvalue weighted by Crippen LogP contribution is 2.29. The number of nitrogens with zero attached hydrogens (tertiary/aromatic N) is 2. The van der Waals surface area contributed by atoms with Crippen LogP contribution in [-0.2, 0) is 12.7 Å². The van der Waals surface area contributed by atoms with Crippen molar-refractivity contribution in [1.82, 2.24) is 15.2 Å². The van der Waals surface area contributed by atoms with E-state index in [1.807, 2.05) is 0 Å². The summed E-state index contributed by atoms with van der Waals surface area (Å²) in [6.07, 6.45) is -1.11. The largest absolute Gasteiger partial charge is 0.416 e. The fraction of sp³-hybridized carbons (Fsp3) is 0.368. The summed E-state index contributed by atoms with van der Waals surface area (Å²) in [6.45, 7) is 2.18. The number of alkyl halides is 3. The molecule has 1 fully saturated rings. The van der Waals surface area contributed by atoms with Crippen molar-refractivity contribution in [1.29, 1.82) is 0 Å². The Kier molecular flexibility index (Phi) is 5.56. The molecule has 1 N–H and O–H groups in total. The molecule has 1 aromatic carbocycles. The van der Waals surface area contributed by atoms with Gasteiger partial charge in [-0.05, 0) is 42.7 Å². The lowest BCUT2D eigenvalue weighted by atomic mass is 10.0. The van der Waals surface area contributed by atoms with Crippen molar-refractivity contribution in [2.45, 2.75) is 31.6 Å². The molecule has 1 aliphatic heterocycles. The van der Waals surface area contributed by atoms with Crippen LogP contribution in [0.2, 0.25) is 0 Å². The average Bonchev–Trinajstić information content (AvgIpc) is 2.64. The van der Waals surface area contributed by atoms with Gasteiger partial charge in [0.1, 0.15) is 5.69 Å². The van der Waals surface area contributed by atoms with Crippen molar-refractivity contribution < 1.29 is 18.0 Å². The van der Waals surface area contributed by atoms with E-state index in [0.29, 0.717) is 12.2 Å². The number of benzene rings is 1. The van der Waals surface area contributed by atoms with E-state index in [9.17, 15) is 18.0 Å². The van der Waals surface area contributed by atoms with E-state index in [1.54, 1.807) is 24.4 Å². The number of carbonyl (C=O) groups is 1. The first-order chi connectivity index (χ1) is 12.4. The summed E-state index contributed by atoms with van der Waals surface area (Å²) in [5.74, 6) is -0.174. The summed E-state index contributed by atoms with van der Waals surface area (Å²) in [6, 6.07) is 10.6. The molecule has 1 amide bonds. The Morgan fingerprint density at radius 2 is 1.81 bits per heavy atom. The number of pyridine rings is 1. The summed E-state index contributed by atoms with van der Waals surface area (Å²) in [5.41, 5.74) is 0.630. The van der Waals surface area contributed by atoms with E-state index in [0.717, 1.165) is 43.6 Å². The second kappa shape index (κ2) is 7.86. The summed E-state index contributed by atoms with van der Waals surface area (Å²) in [4.78, 5) is 18.3. The number of halogens is 3. The van der Waals surface area contributed by atoms with Gasteiger partial charge in [-0.1, -0.05) is 18.2 Å². The Hall–Kier alpha value is -2.41. The summed E-state index contributed by atoms with van der Waals surface area (Å²) in [5, 5.41) is 2.99.